The Morgan fingerprint density at radius 2 is 2.18 bits per heavy atom. The van der Waals surface area contributed by atoms with Gasteiger partial charge in [0.1, 0.15) is 5.75 Å². The van der Waals surface area contributed by atoms with Crippen LogP contribution in [-0.4, -0.2) is 41.2 Å². The van der Waals surface area contributed by atoms with Gasteiger partial charge in [0, 0.05) is 10.0 Å². The largest absolute Gasteiger partial charge is 0.496 e. The molecule has 0 saturated carbocycles. The molecule has 0 bridgehead atoms. The van der Waals surface area contributed by atoms with Crippen molar-refractivity contribution in [1.82, 2.24) is 9.78 Å². The maximum atomic E-state index is 11.9. The summed E-state index contributed by atoms with van der Waals surface area (Å²) in [5.41, 5.74) is 1.67. The molecule has 0 radical (unpaired) electrons. The van der Waals surface area contributed by atoms with E-state index in [1.165, 1.54) is 0 Å². The van der Waals surface area contributed by atoms with Crippen LogP contribution in [0.15, 0.2) is 28.7 Å². The predicted octanol–water partition coefficient (Wildman–Crippen LogP) is 2.49. The van der Waals surface area contributed by atoms with Gasteiger partial charge in [-0.1, -0.05) is 15.9 Å². The molecule has 2 rings (SSSR count). The monoisotopic (exact) mass is 368 g/mol. The van der Waals surface area contributed by atoms with E-state index in [1.54, 1.807) is 24.8 Å². The SMILES string of the molecule is CCOC(=O)c1cc(-c2ccc(Br)cc2OC)n(CCO)n1. The highest BCUT2D eigenvalue weighted by atomic mass is 79.9. The fourth-order valence-electron chi connectivity index (χ4n) is 2.08. The fourth-order valence-corrected chi connectivity index (χ4v) is 2.42. The molecule has 7 heteroatoms. The maximum Gasteiger partial charge on any atom is 0.358 e. The summed E-state index contributed by atoms with van der Waals surface area (Å²) in [5, 5.41) is 13.4. The number of carbonyl (C=O) groups is 1. The molecule has 0 fully saturated rings. The predicted molar refractivity (Wildman–Crippen MR) is 85.0 cm³/mol. The first-order chi connectivity index (χ1) is 10.6. The van der Waals surface area contributed by atoms with Gasteiger partial charge in [0.15, 0.2) is 5.69 Å². The molecule has 1 aromatic heterocycles. The molecule has 118 valence electrons. The molecule has 0 saturated heterocycles. The van der Waals surface area contributed by atoms with Gasteiger partial charge in [0.2, 0.25) is 0 Å². The molecule has 2 aromatic rings. The van der Waals surface area contributed by atoms with Crippen LogP contribution < -0.4 is 4.74 Å². The molecule has 1 N–H and O–H groups in total. The Bertz CT molecular complexity index is 670. The van der Waals surface area contributed by atoms with Crippen LogP contribution in [0.1, 0.15) is 17.4 Å². The van der Waals surface area contributed by atoms with Crippen molar-refractivity contribution >= 4 is 21.9 Å². The highest BCUT2D eigenvalue weighted by Gasteiger charge is 2.18. The van der Waals surface area contributed by atoms with Crippen molar-refractivity contribution in [1.29, 1.82) is 0 Å². The zero-order valence-electron chi connectivity index (χ0n) is 12.4. The van der Waals surface area contributed by atoms with Crippen LogP contribution in [0, 0.1) is 0 Å². The van der Waals surface area contributed by atoms with E-state index in [4.69, 9.17) is 9.47 Å². The van der Waals surface area contributed by atoms with Crippen LogP contribution in [0.2, 0.25) is 0 Å². The van der Waals surface area contributed by atoms with Crippen molar-refractivity contribution in [2.45, 2.75) is 13.5 Å². The Labute approximate surface area is 136 Å². The first-order valence-corrected chi connectivity index (χ1v) is 7.59. The minimum absolute atomic E-state index is 0.0875. The lowest BCUT2D eigenvalue weighted by Gasteiger charge is -2.10. The van der Waals surface area contributed by atoms with E-state index in [1.807, 2.05) is 18.2 Å². The van der Waals surface area contributed by atoms with Crippen LogP contribution in [0.5, 0.6) is 5.75 Å². The average Bonchev–Trinajstić information content (AvgIpc) is 2.91. The second kappa shape index (κ2) is 7.42. The van der Waals surface area contributed by atoms with Gasteiger partial charge >= 0.3 is 5.97 Å². The lowest BCUT2D eigenvalue weighted by molar-refractivity contribution is 0.0518. The summed E-state index contributed by atoms with van der Waals surface area (Å²) >= 11 is 3.39. The van der Waals surface area contributed by atoms with E-state index in [-0.39, 0.29) is 25.5 Å². The Kier molecular flexibility index (Phi) is 5.57. The smallest absolute Gasteiger partial charge is 0.358 e. The number of aliphatic hydroxyl groups excluding tert-OH is 1. The quantitative estimate of drug-likeness (QED) is 0.792. The zero-order chi connectivity index (χ0) is 16.1. The lowest BCUT2D eigenvalue weighted by Crippen LogP contribution is -2.09. The molecule has 1 heterocycles. The number of aromatic nitrogens is 2. The summed E-state index contributed by atoms with van der Waals surface area (Å²) in [6, 6.07) is 7.20. The van der Waals surface area contributed by atoms with Crippen LogP contribution >= 0.6 is 15.9 Å². The van der Waals surface area contributed by atoms with E-state index >= 15 is 0 Å². The van der Waals surface area contributed by atoms with Crippen LogP contribution in [-0.2, 0) is 11.3 Å². The van der Waals surface area contributed by atoms with Gasteiger partial charge < -0.3 is 14.6 Å². The van der Waals surface area contributed by atoms with E-state index in [9.17, 15) is 9.90 Å². The normalized spacial score (nSPS) is 10.5. The summed E-state index contributed by atoms with van der Waals surface area (Å²) < 4.78 is 12.8. The number of hydrogen-bond donors (Lipinski definition) is 1. The Hall–Kier alpha value is -1.86. The van der Waals surface area contributed by atoms with Gasteiger partial charge in [-0.3, -0.25) is 4.68 Å². The number of methoxy groups -OCH3 is 1. The molecule has 0 amide bonds. The number of carbonyl (C=O) groups excluding carboxylic acids is 1. The first kappa shape index (κ1) is 16.5. The number of esters is 1. The molecule has 0 unspecified atom stereocenters. The van der Waals surface area contributed by atoms with Crippen molar-refractivity contribution in [2.24, 2.45) is 0 Å². The molecule has 0 spiro atoms. The molecule has 1 aromatic carbocycles. The fraction of sp³-hybridized carbons (Fsp3) is 0.333. The van der Waals surface area contributed by atoms with Gasteiger partial charge in [-0.15, -0.1) is 0 Å². The third-order valence-electron chi connectivity index (χ3n) is 3.02. The van der Waals surface area contributed by atoms with E-state index < -0.39 is 5.97 Å². The molecular formula is C15H17BrN2O4. The summed E-state index contributed by atoms with van der Waals surface area (Å²) in [6.07, 6.45) is 0. The number of hydrogen-bond acceptors (Lipinski definition) is 5. The minimum atomic E-state index is -0.489. The molecule has 0 aliphatic rings. The topological polar surface area (TPSA) is 73.6 Å². The number of aliphatic hydroxyl groups is 1. The van der Waals surface area contributed by atoms with Gasteiger partial charge in [-0.25, -0.2) is 4.79 Å². The van der Waals surface area contributed by atoms with Crippen LogP contribution in [0.25, 0.3) is 11.3 Å². The highest BCUT2D eigenvalue weighted by Crippen LogP contribution is 2.33. The van der Waals surface area contributed by atoms with Gasteiger partial charge in [0.05, 0.1) is 32.6 Å². The van der Waals surface area contributed by atoms with Crippen molar-refractivity contribution < 1.29 is 19.4 Å². The highest BCUT2D eigenvalue weighted by molar-refractivity contribution is 9.10. The summed E-state index contributed by atoms with van der Waals surface area (Å²) in [7, 11) is 1.57. The van der Waals surface area contributed by atoms with E-state index in [2.05, 4.69) is 21.0 Å². The summed E-state index contributed by atoms with van der Waals surface area (Å²) in [6.45, 7) is 2.20. The Morgan fingerprint density at radius 3 is 2.82 bits per heavy atom. The number of halogens is 1. The number of nitrogens with zero attached hydrogens (tertiary/aromatic N) is 2. The van der Waals surface area contributed by atoms with Crippen molar-refractivity contribution in [3.8, 4) is 17.0 Å². The number of ether oxygens (including phenoxy) is 2. The van der Waals surface area contributed by atoms with E-state index in [0.29, 0.717) is 11.4 Å². The molecule has 0 atom stereocenters. The molecule has 6 nitrogen and oxygen atoms in total. The Balaban J connectivity index is 2.51. The molecule has 0 aliphatic heterocycles. The van der Waals surface area contributed by atoms with Crippen LogP contribution in [0.3, 0.4) is 0 Å². The standard InChI is InChI=1S/C15H17BrN2O4/c1-3-22-15(20)12-9-13(18(17-12)6-7-19)11-5-4-10(16)8-14(11)21-2/h4-5,8-9,19H,3,6-7H2,1-2H3. The third kappa shape index (κ3) is 3.48. The number of rotatable bonds is 6. The lowest BCUT2D eigenvalue weighted by atomic mass is 10.1. The number of benzene rings is 1. The summed E-state index contributed by atoms with van der Waals surface area (Å²) in [5.74, 6) is 0.153. The van der Waals surface area contributed by atoms with Gasteiger partial charge in [-0.2, -0.15) is 5.10 Å². The van der Waals surface area contributed by atoms with Crippen LogP contribution in [0.4, 0.5) is 0 Å². The van der Waals surface area contributed by atoms with E-state index in [0.717, 1.165) is 10.0 Å². The van der Waals surface area contributed by atoms with Gasteiger partial charge in [0.25, 0.3) is 0 Å². The summed E-state index contributed by atoms with van der Waals surface area (Å²) in [4.78, 5) is 11.9. The second-order valence-corrected chi connectivity index (χ2v) is 5.34. The second-order valence-electron chi connectivity index (χ2n) is 4.43. The van der Waals surface area contributed by atoms with Crippen molar-refractivity contribution in [3.63, 3.8) is 0 Å². The first-order valence-electron chi connectivity index (χ1n) is 6.80. The third-order valence-corrected chi connectivity index (χ3v) is 3.51. The van der Waals surface area contributed by atoms with Crippen molar-refractivity contribution in [3.05, 3.63) is 34.4 Å². The average molecular weight is 369 g/mol. The molecule has 0 aliphatic carbocycles. The molecular weight excluding hydrogens is 352 g/mol. The maximum absolute atomic E-state index is 11.9. The Morgan fingerprint density at radius 1 is 1.41 bits per heavy atom. The zero-order valence-corrected chi connectivity index (χ0v) is 14.0. The van der Waals surface area contributed by atoms with Crippen molar-refractivity contribution in [2.75, 3.05) is 20.3 Å². The minimum Gasteiger partial charge on any atom is -0.496 e. The van der Waals surface area contributed by atoms with Gasteiger partial charge in [-0.05, 0) is 31.2 Å². The molecule has 22 heavy (non-hydrogen) atoms.